The smallest absolute Gasteiger partial charge is 0.235 e. The molecule has 0 aliphatic carbocycles. The largest absolute Gasteiger partial charge is 0.497 e. The molecule has 7 heteroatoms. The Balaban J connectivity index is 2.22. The molecule has 19 heavy (non-hydrogen) atoms. The van der Waals surface area contributed by atoms with Crippen LogP contribution in [0.3, 0.4) is 0 Å². The van der Waals surface area contributed by atoms with Gasteiger partial charge in [0.05, 0.1) is 28.2 Å². The molecule has 0 bridgehead atoms. The van der Waals surface area contributed by atoms with Crippen molar-refractivity contribution in [2.45, 2.75) is 6.92 Å². The van der Waals surface area contributed by atoms with E-state index in [1.165, 1.54) is 11.3 Å². The molecule has 1 amide bonds. The number of fused-ring (bicyclic) bond motifs is 1. The minimum Gasteiger partial charge on any atom is -0.497 e. The summed E-state index contributed by atoms with van der Waals surface area (Å²) >= 11 is 6.17. The van der Waals surface area contributed by atoms with Crippen LogP contribution in [0.2, 0.25) is 0 Å². The highest BCUT2D eigenvalue weighted by Crippen LogP contribution is 2.29. The highest BCUT2D eigenvalue weighted by atomic mass is 32.1. The number of nitrogens with two attached hydrogens (primary N) is 1. The Bertz CT molecular complexity index is 639. The lowest BCUT2D eigenvalue weighted by Gasteiger charge is -2.07. The number of thiocarbonyl (C=S) groups is 1. The number of hydrogen-bond donors (Lipinski definition) is 2. The first-order valence-corrected chi connectivity index (χ1v) is 6.78. The van der Waals surface area contributed by atoms with Crippen LogP contribution >= 0.6 is 23.6 Å². The summed E-state index contributed by atoms with van der Waals surface area (Å²) in [7, 11) is 1.61. The summed E-state index contributed by atoms with van der Waals surface area (Å²) in [6.45, 7) is 1.66. The van der Waals surface area contributed by atoms with Gasteiger partial charge in [-0.1, -0.05) is 23.6 Å². The number of carbonyl (C=O) groups is 1. The topological polar surface area (TPSA) is 77.2 Å². The zero-order chi connectivity index (χ0) is 14.0. The van der Waals surface area contributed by atoms with Crippen LogP contribution in [-0.4, -0.2) is 23.0 Å². The zero-order valence-electron chi connectivity index (χ0n) is 10.5. The number of benzene rings is 1. The van der Waals surface area contributed by atoms with Gasteiger partial charge >= 0.3 is 0 Å². The van der Waals surface area contributed by atoms with Gasteiger partial charge in [-0.25, -0.2) is 4.98 Å². The lowest BCUT2D eigenvalue weighted by atomic mass is 10.2. The van der Waals surface area contributed by atoms with E-state index in [9.17, 15) is 4.79 Å². The number of rotatable bonds is 4. The monoisotopic (exact) mass is 295 g/mol. The number of carbonyl (C=O) groups excluding carboxylic acids is 1. The van der Waals surface area contributed by atoms with Gasteiger partial charge in [0.2, 0.25) is 5.91 Å². The van der Waals surface area contributed by atoms with Crippen LogP contribution < -0.4 is 15.8 Å². The Morgan fingerprint density at radius 3 is 2.95 bits per heavy atom. The average molecular weight is 295 g/mol. The van der Waals surface area contributed by atoms with E-state index in [0.717, 1.165) is 16.0 Å². The SMILES string of the molecule is COc1ccc2nc(NC(=O)C(C)C(N)=S)sc2c1. The van der Waals surface area contributed by atoms with Crippen molar-refractivity contribution in [2.75, 3.05) is 12.4 Å². The van der Waals surface area contributed by atoms with Crippen molar-refractivity contribution in [3.63, 3.8) is 0 Å². The van der Waals surface area contributed by atoms with Crippen molar-refractivity contribution in [1.29, 1.82) is 0 Å². The van der Waals surface area contributed by atoms with Crippen LogP contribution in [0.5, 0.6) is 5.75 Å². The van der Waals surface area contributed by atoms with Gasteiger partial charge in [-0.15, -0.1) is 0 Å². The quantitative estimate of drug-likeness (QED) is 0.845. The van der Waals surface area contributed by atoms with Crippen molar-refractivity contribution < 1.29 is 9.53 Å². The van der Waals surface area contributed by atoms with E-state index < -0.39 is 5.92 Å². The number of nitrogens with one attached hydrogen (secondary N) is 1. The minimum atomic E-state index is -0.517. The molecule has 0 aliphatic rings. The van der Waals surface area contributed by atoms with E-state index in [4.69, 9.17) is 22.7 Å². The van der Waals surface area contributed by atoms with Crippen molar-refractivity contribution in [3.8, 4) is 5.75 Å². The fourth-order valence-corrected chi connectivity index (χ4v) is 2.43. The molecule has 5 nitrogen and oxygen atoms in total. The molecule has 0 radical (unpaired) electrons. The first-order chi connectivity index (χ1) is 9.01. The van der Waals surface area contributed by atoms with Crippen molar-refractivity contribution in [2.24, 2.45) is 11.7 Å². The van der Waals surface area contributed by atoms with Crippen LogP contribution in [0.1, 0.15) is 6.92 Å². The molecule has 1 atom stereocenters. The number of methoxy groups -OCH3 is 1. The number of nitrogens with zero attached hydrogens (tertiary/aromatic N) is 1. The molecule has 1 aromatic heterocycles. The molecule has 0 spiro atoms. The number of hydrogen-bond acceptors (Lipinski definition) is 5. The minimum absolute atomic E-state index is 0.167. The molecular formula is C12H13N3O2S2. The normalized spacial score (nSPS) is 12.1. The number of amides is 1. The van der Waals surface area contributed by atoms with Crippen LogP contribution in [0.25, 0.3) is 10.2 Å². The van der Waals surface area contributed by atoms with Crippen molar-refractivity contribution in [1.82, 2.24) is 4.98 Å². The molecule has 1 unspecified atom stereocenters. The Kier molecular flexibility index (Phi) is 3.96. The molecule has 0 aliphatic heterocycles. The van der Waals surface area contributed by atoms with E-state index in [-0.39, 0.29) is 10.9 Å². The Hall–Kier alpha value is -1.73. The molecule has 3 N–H and O–H groups in total. The molecule has 100 valence electrons. The lowest BCUT2D eigenvalue weighted by Crippen LogP contribution is -2.30. The first-order valence-electron chi connectivity index (χ1n) is 5.56. The van der Waals surface area contributed by atoms with Gasteiger partial charge in [0, 0.05) is 0 Å². The number of anilines is 1. The van der Waals surface area contributed by atoms with Crippen LogP contribution in [0.4, 0.5) is 5.13 Å². The highest BCUT2D eigenvalue weighted by Gasteiger charge is 2.17. The van der Waals surface area contributed by atoms with E-state index in [1.807, 2.05) is 18.2 Å². The second kappa shape index (κ2) is 5.50. The average Bonchev–Trinajstić information content (AvgIpc) is 2.78. The Morgan fingerprint density at radius 1 is 1.58 bits per heavy atom. The molecular weight excluding hydrogens is 282 g/mol. The van der Waals surface area contributed by atoms with Crippen LogP contribution in [0, 0.1) is 5.92 Å². The molecule has 0 saturated heterocycles. The molecule has 2 rings (SSSR count). The Labute approximate surface area is 119 Å². The third kappa shape index (κ3) is 2.99. The third-order valence-corrected chi connectivity index (χ3v) is 3.93. The van der Waals surface area contributed by atoms with Gasteiger partial charge in [-0.3, -0.25) is 4.79 Å². The van der Waals surface area contributed by atoms with Crippen molar-refractivity contribution in [3.05, 3.63) is 18.2 Å². The fourth-order valence-electron chi connectivity index (χ4n) is 1.43. The van der Waals surface area contributed by atoms with Gasteiger partial charge in [0.1, 0.15) is 5.75 Å². The van der Waals surface area contributed by atoms with Gasteiger partial charge in [0.15, 0.2) is 5.13 Å². The van der Waals surface area contributed by atoms with Crippen molar-refractivity contribution >= 4 is 49.8 Å². The molecule has 0 fully saturated rings. The third-order valence-electron chi connectivity index (χ3n) is 2.65. The fraction of sp³-hybridized carbons (Fsp3) is 0.250. The maximum absolute atomic E-state index is 11.8. The predicted molar refractivity (Wildman–Crippen MR) is 80.8 cm³/mol. The van der Waals surface area contributed by atoms with E-state index in [0.29, 0.717) is 5.13 Å². The lowest BCUT2D eigenvalue weighted by molar-refractivity contribution is -0.117. The number of aromatic nitrogens is 1. The van der Waals surface area contributed by atoms with Gasteiger partial charge in [-0.05, 0) is 25.1 Å². The zero-order valence-corrected chi connectivity index (χ0v) is 12.1. The van der Waals surface area contributed by atoms with Gasteiger partial charge in [-0.2, -0.15) is 0 Å². The standard InChI is InChI=1S/C12H13N3O2S2/c1-6(10(13)18)11(16)15-12-14-8-4-3-7(17-2)5-9(8)19-12/h3-6H,1-2H3,(H2,13,18)(H,14,15,16). The summed E-state index contributed by atoms with van der Waals surface area (Å²) in [5, 5.41) is 3.23. The summed E-state index contributed by atoms with van der Waals surface area (Å²) in [5.74, 6) is -0.0133. The molecule has 1 heterocycles. The number of thiazole rings is 1. The molecule has 0 saturated carbocycles. The van der Waals surface area contributed by atoms with Crippen LogP contribution in [0.15, 0.2) is 18.2 Å². The van der Waals surface area contributed by atoms with Gasteiger partial charge < -0.3 is 15.8 Å². The second-order valence-corrected chi connectivity index (χ2v) is 5.47. The maximum atomic E-state index is 11.8. The van der Waals surface area contributed by atoms with Gasteiger partial charge in [0.25, 0.3) is 0 Å². The van der Waals surface area contributed by atoms with E-state index >= 15 is 0 Å². The van der Waals surface area contributed by atoms with E-state index in [2.05, 4.69) is 10.3 Å². The predicted octanol–water partition coefficient (Wildman–Crippen LogP) is 2.17. The summed E-state index contributed by atoms with van der Waals surface area (Å²) in [5.41, 5.74) is 6.25. The summed E-state index contributed by atoms with van der Waals surface area (Å²) in [4.78, 5) is 16.3. The maximum Gasteiger partial charge on any atom is 0.235 e. The summed E-state index contributed by atoms with van der Waals surface area (Å²) in [6.07, 6.45) is 0. The Morgan fingerprint density at radius 2 is 2.32 bits per heavy atom. The second-order valence-electron chi connectivity index (χ2n) is 3.97. The summed E-state index contributed by atoms with van der Waals surface area (Å²) < 4.78 is 6.08. The highest BCUT2D eigenvalue weighted by molar-refractivity contribution is 7.80. The molecule has 1 aromatic carbocycles. The van der Waals surface area contributed by atoms with E-state index in [1.54, 1.807) is 14.0 Å². The molecule has 2 aromatic rings. The number of ether oxygens (including phenoxy) is 1. The summed E-state index contributed by atoms with van der Waals surface area (Å²) in [6, 6.07) is 5.54. The van der Waals surface area contributed by atoms with Crippen LogP contribution in [-0.2, 0) is 4.79 Å². The first kappa shape index (κ1) is 13.7.